The smallest absolute Gasteiger partial charge is 0.164 e. The molecule has 0 spiro atoms. The number of hydrogen-bond acceptors (Lipinski definition) is 3. The lowest BCUT2D eigenvalue weighted by molar-refractivity contribution is 0.661. The van der Waals surface area contributed by atoms with Crippen LogP contribution in [0.4, 0.5) is 0 Å². The van der Waals surface area contributed by atoms with E-state index in [1.165, 1.54) is 66.0 Å². The minimum Gasteiger partial charge on any atom is -0.309 e. The third kappa shape index (κ3) is 6.27. The average molecular weight is 848 g/mol. The predicted molar refractivity (Wildman–Crippen MR) is 275 cm³/mol. The number of aromatic nitrogens is 5. The molecule has 0 aliphatic heterocycles. The molecule has 3 heterocycles. The minimum absolute atomic E-state index is 0.163. The average Bonchev–Trinajstić information content (AvgIpc) is 3.95. The predicted octanol–water partition coefficient (Wildman–Crippen LogP) is 15.5. The Labute approximate surface area is 384 Å². The van der Waals surface area contributed by atoms with E-state index in [4.69, 9.17) is 15.0 Å². The highest BCUT2D eigenvalue weighted by Crippen LogP contribution is 2.51. The number of hydrogen-bond donors (Lipinski definition) is 0. The standard InChI is InChI=1S/C61H45N5/c1-5-6-9-19-39(2)58-62-59(40-20-10-7-11-21-40)64-60(63-58)43-22-18-25-45(34-43)66-56-33-31-42(36-50(56)51-37-48-46-26-14-16-28-52(46)61(3,4)53(48)38-57(51)66)41-30-32-55-49(35-41)47-27-15-17-29-54(47)65(55)44-23-12-8-13-24-44/h5-38H,1H2,2-4H3/b9-6-,39-19+. The van der Waals surface area contributed by atoms with E-state index in [1.807, 2.05) is 55.5 Å². The Hall–Kier alpha value is -8.41. The minimum atomic E-state index is -0.163. The van der Waals surface area contributed by atoms with Crippen molar-refractivity contribution in [2.24, 2.45) is 0 Å². The number of benzene rings is 8. The Bertz CT molecular complexity index is 3810. The van der Waals surface area contributed by atoms with Crippen LogP contribution in [0.1, 0.15) is 37.7 Å². The second-order valence-corrected chi connectivity index (χ2v) is 17.8. The van der Waals surface area contributed by atoms with Crippen LogP contribution in [0.15, 0.2) is 213 Å². The fraction of sp³-hybridized carbons (Fsp3) is 0.0656. The zero-order valence-corrected chi connectivity index (χ0v) is 37.1. The van der Waals surface area contributed by atoms with Gasteiger partial charge in [0.2, 0.25) is 0 Å². The number of nitrogens with zero attached hydrogens (tertiary/aromatic N) is 5. The Morgan fingerprint density at radius 3 is 1.80 bits per heavy atom. The highest BCUT2D eigenvalue weighted by atomic mass is 15.0. The third-order valence-electron chi connectivity index (χ3n) is 13.5. The van der Waals surface area contributed by atoms with E-state index in [0.29, 0.717) is 17.5 Å². The molecule has 0 N–H and O–H groups in total. The molecule has 0 saturated heterocycles. The van der Waals surface area contributed by atoms with E-state index in [0.717, 1.165) is 39.1 Å². The van der Waals surface area contributed by atoms with Gasteiger partial charge in [0.1, 0.15) is 0 Å². The summed E-state index contributed by atoms with van der Waals surface area (Å²) in [6, 6.07) is 65.9. The van der Waals surface area contributed by atoms with Crippen LogP contribution in [-0.4, -0.2) is 24.1 Å². The molecule has 12 rings (SSSR count). The Balaban J connectivity index is 1.06. The summed E-state index contributed by atoms with van der Waals surface area (Å²) in [5.41, 5.74) is 17.1. The van der Waals surface area contributed by atoms with Crippen LogP contribution >= 0.6 is 0 Å². The molecule has 0 atom stereocenters. The summed E-state index contributed by atoms with van der Waals surface area (Å²) in [7, 11) is 0. The zero-order valence-electron chi connectivity index (χ0n) is 37.1. The maximum Gasteiger partial charge on any atom is 0.164 e. The molecular weight excluding hydrogens is 803 g/mol. The quantitative estimate of drug-likeness (QED) is 0.143. The van der Waals surface area contributed by atoms with Crippen LogP contribution < -0.4 is 0 Å². The van der Waals surface area contributed by atoms with Crippen molar-refractivity contribution in [3.63, 3.8) is 0 Å². The second kappa shape index (κ2) is 15.4. The van der Waals surface area contributed by atoms with E-state index in [2.05, 4.69) is 181 Å². The lowest BCUT2D eigenvalue weighted by Gasteiger charge is -2.21. The summed E-state index contributed by atoms with van der Waals surface area (Å²) >= 11 is 0. The molecule has 1 aliphatic carbocycles. The van der Waals surface area contributed by atoms with Gasteiger partial charge in [0, 0.05) is 49.5 Å². The van der Waals surface area contributed by atoms with Crippen molar-refractivity contribution < 1.29 is 0 Å². The van der Waals surface area contributed by atoms with Crippen molar-refractivity contribution in [2.75, 3.05) is 0 Å². The van der Waals surface area contributed by atoms with Crippen molar-refractivity contribution in [2.45, 2.75) is 26.2 Å². The second-order valence-electron chi connectivity index (χ2n) is 17.8. The molecule has 0 bridgehead atoms. The first kappa shape index (κ1) is 39.2. The number of para-hydroxylation sites is 2. The zero-order chi connectivity index (χ0) is 44.5. The monoisotopic (exact) mass is 847 g/mol. The van der Waals surface area contributed by atoms with Gasteiger partial charge in [-0.05, 0) is 113 Å². The van der Waals surface area contributed by atoms with Crippen molar-refractivity contribution in [1.29, 1.82) is 0 Å². The lowest BCUT2D eigenvalue weighted by atomic mass is 9.82. The molecular formula is C61H45N5. The van der Waals surface area contributed by atoms with Gasteiger partial charge >= 0.3 is 0 Å². The molecule has 0 amide bonds. The van der Waals surface area contributed by atoms with Crippen LogP contribution in [0.25, 0.3) is 106 Å². The van der Waals surface area contributed by atoms with Gasteiger partial charge < -0.3 is 9.13 Å². The van der Waals surface area contributed by atoms with Crippen molar-refractivity contribution in [1.82, 2.24) is 24.1 Å². The first-order chi connectivity index (χ1) is 32.4. The first-order valence-corrected chi connectivity index (χ1v) is 22.6. The van der Waals surface area contributed by atoms with E-state index in [-0.39, 0.29) is 5.41 Å². The van der Waals surface area contributed by atoms with Crippen molar-refractivity contribution >= 4 is 49.2 Å². The van der Waals surface area contributed by atoms with Gasteiger partial charge in [0.15, 0.2) is 17.5 Å². The van der Waals surface area contributed by atoms with Crippen LogP contribution in [-0.2, 0) is 5.41 Å². The van der Waals surface area contributed by atoms with E-state index >= 15 is 0 Å². The lowest BCUT2D eigenvalue weighted by Crippen LogP contribution is -2.14. The van der Waals surface area contributed by atoms with Crippen LogP contribution in [0.3, 0.4) is 0 Å². The molecule has 0 radical (unpaired) electrons. The Kier molecular flexibility index (Phi) is 9.14. The first-order valence-electron chi connectivity index (χ1n) is 22.6. The SMILES string of the molecule is C=C/C=C\C=C(/C)c1nc(-c2ccccc2)nc(-c2cccc(-n3c4ccc(-c5ccc6c(c5)c5ccccc5n6-c5ccccc5)cc4c4cc5c(cc43)C(C)(C)c3ccccc3-5)c2)n1. The molecule has 0 unspecified atom stereocenters. The van der Waals surface area contributed by atoms with Gasteiger partial charge in [-0.3, -0.25) is 0 Å². The summed E-state index contributed by atoms with van der Waals surface area (Å²) in [6.07, 6.45) is 7.64. The number of fused-ring (bicyclic) bond motifs is 9. The molecule has 8 aromatic carbocycles. The molecule has 66 heavy (non-hydrogen) atoms. The molecule has 5 heteroatoms. The highest BCUT2D eigenvalue weighted by Gasteiger charge is 2.36. The molecule has 11 aromatic rings. The van der Waals surface area contributed by atoms with Gasteiger partial charge in [0.05, 0.1) is 22.1 Å². The van der Waals surface area contributed by atoms with Crippen LogP contribution in [0.2, 0.25) is 0 Å². The maximum absolute atomic E-state index is 5.10. The summed E-state index contributed by atoms with van der Waals surface area (Å²) in [6.45, 7) is 10.6. The van der Waals surface area contributed by atoms with Crippen LogP contribution in [0.5, 0.6) is 0 Å². The highest BCUT2D eigenvalue weighted by molar-refractivity contribution is 6.14. The summed E-state index contributed by atoms with van der Waals surface area (Å²) in [4.78, 5) is 15.1. The molecule has 1 aliphatic rings. The number of rotatable bonds is 8. The topological polar surface area (TPSA) is 48.5 Å². The van der Waals surface area contributed by atoms with Gasteiger partial charge in [-0.1, -0.05) is 160 Å². The maximum atomic E-state index is 5.10. The Morgan fingerprint density at radius 1 is 0.455 bits per heavy atom. The summed E-state index contributed by atoms with van der Waals surface area (Å²) in [5.74, 6) is 1.87. The van der Waals surface area contributed by atoms with E-state index < -0.39 is 0 Å². The van der Waals surface area contributed by atoms with Crippen LogP contribution in [0, 0.1) is 0 Å². The molecule has 5 nitrogen and oxygen atoms in total. The van der Waals surface area contributed by atoms with Gasteiger partial charge in [-0.2, -0.15) is 0 Å². The third-order valence-corrected chi connectivity index (χ3v) is 13.5. The van der Waals surface area contributed by atoms with E-state index in [9.17, 15) is 0 Å². The Morgan fingerprint density at radius 2 is 1.05 bits per heavy atom. The normalized spacial score (nSPS) is 13.3. The van der Waals surface area contributed by atoms with Gasteiger partial charge in [0.25, 0.3) is 0 Å². The fourth-order valence-corrected chi connectivity index (χ4v) is 10.2. The van der Waals surface area contributed by atoms with E-state index in [1.54, 1.807) is 6.08 Å². The van der Waals surface area contributed by atoms with Crippen molar-refractivity contribution in [3.8, 4) is 56.4 Å². The van der Waals surface area contributed by atoms with Gasteiger partial charge in [-0.15, -0.1) is 0 Å². The summed E-state index contributed by atoms with van der Waals surface area (Å²) in [5, 5.41) is 4.89. The fourth-order valence-electron chi connectivity index (χ4n) is 10.2. The van der Waals surface area contributed by atoms with Crippen molar-refractivity contribution in [3.05, 3.63) is 230 Å². The largest absolute Gasteiger partial charge is 0.309 e. The molecule has 0 saturated carbocycles. The molecule has 0 fully saturated rings. The summed E-state index contributed by atoms with van der Waals surface area (Å²) < 4.78 is 4.80. The molecule has 314 valence electrons. The molecule has 3 aromatic heterocycles. The van der Waals surface area contributed by atoms with Gasteiger partial charge in [-0.25, -0.2) is 15.0 Å². The number of allylic oxidation sites excluding steroid dienone is 5.